The quantitative estimate of drug-likeness (QED) is 0.772. The highest BCUT2D eigenvalue weighted by Gasteiger charge is 2.60. The first kappa shape index (κ1) is 11.5. The molecule has 0 spiro atoms. The van der Waals surface area contributed by atoms with Crippen LogP contribution in [0.15, 0.2) is 0 Å². The highest BCUT2D eigenvalue weighted by atomic mass is 79.9. The molecule has 16 heavy (non-hydrogen) atoms. The average Bonchev–Trinajstić information content (AvgIpc) is 2.12. The van der Waals surface area contributed by atoms with Gasteiger partial charge < -0.3 is 5.11 Å². The summed E-state index contributed by atoms with van der Waals surface area (Å²) in [4.78, 5) is 10.9. The van der Waals surface area contributed by atoms with Crippen LogP contribution in [0.5, 0.6) is 0 Å². The molecule has 4 fully saturated rings. The van der Waals surface area contributed by atoms with E-state index in [1.54, 1.807) is 0 Å². The van der Waals surface area contributed by atoms with E-state index < -0.39 is 5.97 Å². The Morgan fingerprint density at radius 3 is 2.25 bits per heavy atom. The van der Waals surface area contributed by atoms with Crippen LogP contribution in [0, 0.1) is 17.3 Å². The van der Waals surface area contributed by atoms with Crippen molar-refractivity contribution in [1.82, 2.24) is 0 Å². The third-order valence-corrected chi connectivity index (χ3v) is 7.08. The summed E-state index contributed by atoms with van der Waals surface area (Å²) >= 11 is 7.33. The second-order valence-corrected chi connectivity index (χ2v) is 8.77. The summed E-state index contributed by atoms with van der Waals surface area (Å²) in [5.41, 5.74) is 0.0133. The van der Waals surface area contributed by atoms with E-state index >= 15 is 0 Å². The number of alkyl halides is 2. The molecule has 0 amide bonds. The van der Waals surface area contributed by atoms with Crippen LogP contribution in [0.1, 0.15) is 38.5 Å². The maximum absolute atomic E-state index is 11.3. The smallest absolute Gasteiger partial charge is 0.317 e. The summed E-state index contributed by atoms with van der Waals surface area (Å²) in [5, 5.41) is 9.26. The van der Waals surface area contributed by atoms with Gasteiger partial charge in [0.1, 0.15) is 4.83 Å². The molecular formula is C12H16Br2O2. The number of rotatable bonds is 2. The van der Waals surface area contributed by atoms with Crippen molar-refractivity contribution >= 4 is 37.8 Å². The molecule has 4 aliphatic carbocycles. The van der Waals surface area contributed by atoms with Crippen molar-refractivity contribution in [2.75, 3.05) is 0 Å². The van der Waals surface area contributed by atoms with Gasteiger partial charge in [-0.3, -0.25) is 4.79 Å². The minimum absolute atomic E-state index is 0.0133. The summed E-state index contributed by atoms with van der Waals surface area (Å²) in [7, 11) is 0. The van der Waals surface area contributed by atoms with E-state index in [2.05, 4.69) is 31.9 Å². The number of hydrogen-bond acceptors (Lipinski definition) is 1. The highest BCUT2D eigenvalue weighted by molar-refractivity contribution is 9.10. The normalized spacial score (nSPS) is 51.6. The molecule has 1 N–H and O–H groups in total. The standard InChI is InChI=1S/C12H16Br2O2/c13-9(10(15)16)11-2-7-1-8(3-11)5-12(14,4-7)6-11/h7-9H,1-6H2,(H,15,16)/t7-,8+,9-,11?,12?/m0/s1. The minimum Gasteiger partial charge on any atom is -0.480 e. The van der Waals surface area contributed by atoms with Gasteiger partial charge in [-0.05, 0) is 55.8 Å². The lowest BCUT2D eigenvalue weighted by Crippen LogP contribution is -2.57. The molecule has 0 radical (unpaired) electrons. The van der Waals surface area contributed by atoms with Crippen LogP contribution in [0.3, 0.4) is 0 Å². The largest absolute Gasteiger partial charge is 0.480 e. The van der Waals surface area contributed by atoms with E-state index in [1.165, 1.54) is 19.3 Å². The summed E-state index contributed by atoms with van der Waals surface area (Å²) in [6.45, 7) is 0. The highest BCUT2D eigenvalue weighted by Crippen LogP contribution is 2.66. The van der Waals surface area contributed by atoms with Gasteiger partial charge in [-0.15, -0.1) is 0 Å². The number of carboxylic acid groups (broad SMARTS) is 1. The van der Waals surface area contributed by atoms with E-state index in [1.807, 2.05) is 0 Å². The van der Waals surface area contributed by atoms with E-state index in [-0.39, 0.29) is 14.6 Å². The summed E-state index contributed by atoms with van der Waals surface area (Å²) in [5.74, 6) is 0.818. The van der Waals surface area contributed by atoms with Crippen molar-refractivity contribution in [2.45, 2.75) is 47.7 Å². The van der Waals surface area contributed by atoms with Crippen LogP contribution in [0.2, 0.25) is 0 Å². The Morgan fingerprint density at radius 2 is 1.81 bits per heavy atom. The molecule has 90 valence electrons. The summed E-state index contributed by atoms with van der Waals surface area (Å²) in [6, 6.07) is 0. The Bertz CT molecular complexity index is 328. The topological polar surface area (TPSA) is 37.3 Å². The van der Waals surface area contributed by atoms with Crippen molar-refractivity contribution in [3.63, 3.8) is 0 Å². The third kappa shape index (κ3) is 1.59. The molecule has 4 aliphatic rings. The van der Waals surface area contributed by atoms with E-state index in [0.717, 1.165) is 31.1 Å². The van der Waals surface area contributed by atoms with Crippen molar-refractivity contribution in [2.24, 2.45) is 17.3 Å². The van der Waals surface area contributed by atoms with E-state index in [4.69, 9.17) is 0 Å². The molecule has 2 unspecified atom stereocenters. The lowest BCUT2D eigenvalue weighted by molar-refractivity contribution is -0.142. The van der Waals surface area contributed by atoms with Gasteiger partial charge in [0.15, 0.2) is 0 Å². The Morgan fingerprint density at radius 1 is 1.25 bits per heavy atom. The molecule has 5 atom stereocenters. The Balaban J connectivity index is 1.94. The second kappa shape index (κ2) is 3.47. The van der Waals surface area contributed by atoms with Gasteiger partial charge in [0.05, 0.1) is 0 Å². The van der Waals surface area contributed by atoms with Crippen molar-refractivity contribution in [3.8, 4) is 0 Å². The SMILES string of the molecule is O=C(O)[C@H](Br)C12C[C@@H]3C[C@@H](CC(Br)(C3)C1)C2. The maximum atomic E-state index is 11.3. The second-order valence-electron chi connectivity index (χ2n) is 6.18. The van der Waals surface area contributed by atoms with Crippen LogP contribution < -0.4 is 0 Å². The number of hydrogen-bond donors (Lipinski definition) is 1. The van der Waals surface area contributed by atoms with Gasteiger partial charge in [0, 0.05) is 4.32 Å². The molecule has 0 aromatic rings. The predicted molar refractivity (Wildman–Crippen MR) is 69.1 cm³/mol. The minimum atomic E-state index is -0.682. The monoisotopic (exact) mass is 350 g/mol. The Kier molecular flexibility index (Phi) is 2.50. The van der Waals surface area contributed by atoms with Gasteiger partial charge in [-0.1, -0.05) is 31.9 Å². The van der Waals surface area contributed by atoms with Gasteiger partial charge in [-0.25, -0.2) is 0 Å². The van der Waals surface area contributed by atoms with Crippen LogP contribution in [-0.4, -0.2) is 20.2 Å². The fourth-order valence-electron chi connectivity index (χ4n) is 4.78. The van der Waals surface area contributed by atoms with Crippen LogP contribution in [-0.2, 0) is 4.79 Å². The molecule has 0 saturated heterocycles. The first-order valence-electron chi connectivity index (χ1n) is 5.98. The van der Waals surface area contributed by atoms with E-state index in [9.17, 15) is 9.90 Å². The fourth-order valence-corrected chi connectivity index (χ4v) is 6.79. The average molecular weight is 352 g/mol. The van der Waals surface area contributed by atoms with Crippen LogP contribution in [0.25, 0.3) is 0 Å². The molecule has 0 aromatic carbocycles. The number of carboxylic acids is 1. The molecule has 4 rings (SSSR count). The first-order valence-corrected chi connectivity index (χ1v) is 7.69. The van der Waals surface area contributed by atoms with Crippen molar-refractivity contribution < 1.29 is 9.90 Å². The van der Waals surface area contributed by atoms with Crippen molar-refractivity contribution in [3.05, 3.63) is 0 Å². The fraction of sp³-hybridized carbons (Fsp3) is 0.917. The zero-order valence-corrected chi connectivity index (χ0v) is 12.3. The molecule has 4 bridgehead atoms. The third-order valence-electron chi connectivity index (χ3n) is 4.79. The van der Waals surface area contributed by atoms with Gasteiger partial charge >= 0.3 is 5.97 Å². The maximum Gasteiger partial charge on any atom is 0.317 e. The first-order chi connectivity index (χ1) is 7.42. The predicted octanol–water partition coefficient (Wildman–Crippen LogP) is 3.57. The van der Waals surface area contributed by atoms with Crippen molar-refractivity contribution in [1.29, 1.82) is 0 Å². The molecule has 4 heteroatoms. The molecule has 0 aliphatic heterocycles. The summed E-state index contributed by atoms with van der Waals surface area (Å²) < 4.78 is 0.249. The van der Waals surface area contributed by atoms with Gasteiger partial charge in [0.2, 0.25) is 0 Å². The molecule has 0 aromatic heterocycles. The molecular weight excluding hydrogens is 336 g/mol. The number of carbonyl (C=O) groups is 1. The van der Waals surface area contributed by atoms with Gasteiger partial charge in [-0.2, -0.15) is 0 Å². The Hall–Kier alpha value is 0.430. The Labute approximate surface area is 112 Å². The number of halogens is 2. The molecule has 2 nitrogen and oxygen atoms in total. The van der Waals surface area contributed by atoms with Crippen LogP contribution in [0.4, 0.5) is 0 Å². The van der Waals surface area contributed by atoms with E-state index in [0.29, 0.717) is 0 Å². The molecule has 0 heterocycles. The summed E-state index contributed by atoms with van der Waals surface area (Å²) in [6.07, 6.45) is 7.09. The lowest BCUT2D eigenvalue weighted by atomic mass is 9.48. The zero-order valence-electron chi connectivity index (χ0n) is 9.09. The molecule has 4 saturated carbocycles. The zero-order chi connectivity index (χ0) is 11.6. The lowest BCUT2D eigenvalue weighted by Gasteiger charge is -2.61. The van der Waals surface area contributed by atoms with Crippen LogP contribution >= 0.6 is 31.9 Å². The van der Waals surface area contributed by atoms with Gasteiger partial charge in [0.25, 0.3) is 0 Å². The number of aliphatic carboxylic acids is 1.